The summed E-state index contributed by atoms with van der Waals surface area (Å²) in [5.74, 6) is 0.0342. The van der Waals surface area contributed by atoms with E-state index in [0.29, 0.717) is 6.54 Å². The molecule has 1 heterocycles. The highest BCUT2D eigenvalue weighted by atomic mass is 16.1. The molecule has 0 unspecified atom stereocenters. The number of carbonyl (C=O) groups excluding carboxylic acids is 1. The molecule has 1 aromatic carbocycles. The molecule has 3 nitrogen and oxygen atoms in total. The van der Waals surface area contributed by atoms with E-state index in [1.54, 1.807) is 0 Å². The summed E-state index contributed by atoms with van der Waals surface area (Å²) >= 11 is 0. The lowest BCUT2D eigenvalue weighted by molar-refractivity contribution is 0.0797. The van der Waals surface area contributed by atoms with Gasteiger partial charge in [-0.1, -0.05) is 23.6 Å². The molecule has 0 spiro atoms. The maximum absolute atomic E-state index is 12.3. The van der Waals surface area contributed by atoms with E-state index in [9.17, 15) is 4.79 Å². The Bertz CT molecular complexity index is 482. The van der Waals surface area contributed by atoms with Crippen LogP contribution in [0.3, 0.4) is 0 Å². The largest absolute Gasteiger partial charge is 0.350 e. The monoisotopic (exact) mass is 288 g/mol. The second-order valence-electron chi connectivity index (χ2n) is 6.92. The van der Waals surface area contributed by atoms with Crippen LogP contribution in [0.2, 0.25) is 0 Å². The molecule has 21 heavy (non-hydrogen) atoms. The van der Waals surface area contributed by atoms with Crippen molar-refractivity contribution in [1.82, 2.24) is 10.2 Å². The number of nitrogens with one attached hydrogen (secondary N) is 1. The number of likely N-dealkylation sites (tertiary alicyclic amines) is 1. The maximum Gasteiger partial charge on any atom is 0.251 e. The summed E-state index contributed by atoms with van der Waals surface area (Å²) in [5, 5.41) is 3.11. The third-order valence-corrected chi connectivity index (χ3v) is 4.38. The standard InChI is InChI=1S/C18H28N2O/c1-14-10-15(2)12-16(11-14)17(21)19-13-18(3,4)20-8-6-5-7-9-20/h10-12H,5-9,13H2,1-4H3,(H,19,21). The zero-order chi connectivity index (χ0) is 15.5. The Morgan fingerprint density at radius 1 is 1.10 bits per heavy atom. The SMILES string of the molecule is Cc1cc(C)cc(C(=O)NCC(C)(C)N2CCCCC2)c1. The van der Waals surface area contributed by atoms with Gasteiger partial charge in [0.2, 0.25) is 0 Å². The summed E-state index contributed by atoms with van der Waals surface area (Å²) in [5.41, 5.74) is 3.06. The van der Waals surface area contributed by atoms with Gasteiger partial charge < -0.3 is 5.32 Å². The summed E-state index contributed by atoms with van der Waals surface area (Å²) in [6.07, 6.45) is 3.88. The second kappa shape index (κ2) is 6.61. The lowest BCUT2D eigenvalue weighted by Crippen LogP contribution is -2.53. The van der Waals surface area contributed by atoms with Gasteiger partial charge in [0.15, 0.2) is 0 Å². The van der Waals surface area contributed by atoms with Crippen LogP contribution in [0.4, 0.5) is 0 Å². The van der Waals surface area contributed by atoms with Gasteiger partial charge in [-0.25, -0.2) is 0 Å². The first-order valence-electron chi connectivity index (χ1n) is 8.00. The predicted molar refractivity (Wildman–Crippen MR) is 87.8 cm³/mol. The Kier molecular flexibility index (Phi) is 5.04. The van der Waals surface area contributed by atoms with Crippen molar-refractivity contribution >= 4 is 5.91 Å². The summed E-state index contributed by atoms with van der Waals surface area (Å²) in [6.45, 7) is 11.5. The van der Waals surface area contributed by atoms with Crippen LogP contribution < -0.4 is 5.32 Å². The van der Waals surface area contributed by atoms with E-state index in [1.165, 1.54) is 19.3 Å². The Labute approximate surface area is 128 Å². The van der Waals surface area contributed by atoms with Crippen LogP contribution in [0.15, 0.2) is 18.2 Å². The Morgan fingerprint density at radius 3 is 2.24 bits per heavy atom. The van der Waals surface area contributed by atoms with Gasteiger partial charge in [0.05, 0.1) is 0 Å². The molecule has 1 aliphatic heterocycles. The Hall–Kier alpha value is -1.35. The fourth-order valence-corrected chi connectivity index (χ4v) is 3.12. The van der Waals surface area contributed by atoms with Crippen molar-refractivity contribution in [2.45, 2.75) is 52.5 Å². The van der Waals surface area contributed by atoms with Gasteiger partial charge in [0.1, 0.15) is 0 Å². The molecule has 1 amide bonds. The molecule has 2 rings (SSSR count). The van der Waals surface area contributed by atoms with Gasteiger partial charge in [-0.05, 0) is 65.8 Å². The molecule has 1 aromatic rings. The van der Waals surface area contributed by atoms with Gasteiger partial charge in [-0.3, -0.25) is 9.69 Å². The molecule has 0 bridgehead atoms. The number of amides is 1. The van der Waals surface area contributed by atoms with E-state index in [1.807, 2.05) is 26.0 Å². The van der Waals surface area contributed by atoms with E-state index in [4.69, 9.17) is 0 Å². The van der Waals surface area contributed by atoms with Crippen LogP contribution in [0.1, 0.15) is 54.6 Å². The van der Waals surface area contributed by atoms with Crippen LogP contribution >= 0.6 is 0 Å². The molecule has 0 aliphatic carbocycles. The Balaban J connectivity index is 1.96. The third kappa shape index (κ3) is 4.31. The summed E-state index contributed by atoms with van der Waals surface area (Å²) in [6, 6.07) is 6.00. The van der Waals surface area contributed by atoms with Gasteiger partial charge >= 0.3 is 0 Å². The molecule has 0 radical (unpaired) electrons. The number of nitrogens with zero attached hydrogens (tertiary/aromatic N) is 1. The predicted octanol–water partition coefficient (Wildman–Crippen LogP) is 3.30. The average molecular weight is 288 g/mol. The van der Waals surface area contributed by atoms with Crippen molar-refractivity contribution < 1.29 is 4.79 Å². The first kappa shape index (κ1) is 16.0. The van der Waals surface area contributed by atoms with E-state index >= 15 is 0 Å². The zero-order valence-corrected chi connectivity index (χ0v) is 13.8. The van der Waals surface area contributed by atoms with E-state index < -0.39 is 0 Å². The number of hydrogen-bond acceptors (Lipinski definition) is 2. The topological polar surface area (TPSA) is 32.3 Å². The number of piperidine rings is 1. The highest BCUT2D eigenvalue weighted by molar-refractivity contribution is 5.94. The van der Waals surface area contributed by atoms with Crippen molar-refractivity contribution in [2.24, 2.45) is 0 Å². The maximum atomic E-state index is 12.3. The number of aryl methyl sites for hydroxylation is 2. The fraction of sp³-hybridized carbons (Fsp3) is 0.611. The highest BCUT2D eigenvalue weighted by Gasteiger charge is 2.28. The van der Waals surface area contributed by atoms with Gasteiger partial charge in [0.25, 0.3) is 5.91 Å². The number of carbonyl (C=O) groups is 1. The first-order chi connectivity index (χ1) is 9.88. The number of rotatable bonds is 4. The zero-order valence-electron chi connectivity index (χ0n) is 13.8. The summed E-state index contributed by atoms with van der Waals surface area (Å²) in [7, 11) is 0. The molecule has 0 aromatic heterocycles. The quantitative estimate of drug-likeness (QED) is 0.922. The van der Waals surface area contributed by atoms with Gasteiger partial charge in [-0.2, -0.15) is 0 Å². The normalized spacial score (nSPS) is 16.8. The highest BCUT2D eigenvalue weighted by Crippen LogP contribution is 2.20. The van der Waals surface area contributed by atoms with Crippen molar-refractivity contribution in [3.05, 3.63) is 34.9 Å². The van der Waals surface area contributed by atoms with E-state index in [2.05, 4.69) is 30.1 Å². The second-order valence-corrected chi connectivity index (χ2v) is 6.92. The minimum Gasteiger partial charge on any atom is -0.350 e. The molecule has 1 fully saturated rings. The molecule has 0 atom stereocenters. The van der Waals surface area contributed by atoms with Crippen LogP contribution in [-0.2, 0) is 0 Å². The molecule has 0 saturated carbocycles. The number of benzene rings is 1. The molecule has 116 valence electrons. The average Bonchev–Trinajstić information content (AvgIpc) is 2.45. The van der Waals surface area contributed by atoms with Crippen LogP contribution in [0.25, 0.3) is 0 Å². The molecular weight excluding hydrogens is 260 g/mol. The minimum absolute atomic E-state index is 0.0228. The molecule has 1 aliphatic rings. The lowest BCUT2D eigenvalue weighted by Gasteiger charge is -2.41. The lowest BCUT2D eigenvalue weighted by atomic mass is 9.98. The van der Waals surface area contributed by atoms with Gasteiger partial charge in [0, 0.05) is 17.6 Å². The summed E-state index contributed by atoms with van der Waals surface area (Å²) in [4.78, 5) is 14.8. The van der Waals surface area contributed by atoms with Crippen LogP contribution in [-0.4, -0.2) is 36.0 Å². The summed E-state index contributed by atoms with van der Waals surface area (Å²) < 4.78 is 0. The minimum atomic E-state index is 0.0228. The first-order valence-corrected chi connectivity index (χ1v) is 8.00. The van der Waals surface area contributed by atoms with Crippen LogP contribution in [0.5, 0.6) is 0 Å². The van der Waals surface area contributed by atoms with Crippen molar-refractivity contribution in [2.75, 3.05) is 19.6 Å². The van der Waals surface area contributed by atoms with E-state index in [0.717, 1.165) is 29.8 Å². The fourth-order valence-electron chi connectivity index (χ4n) is 3.12. The van der Waals surface area contributed by atoms with Crippen molar-refractivity contribution in [3.8, 4) is 0 Å². The number of hydrogen-bond donors (Lipinski definition) is 1. The van der Waals surface area contributed by atoms with Gasteiger partial charge in [-0.15, -0.1) is 0 Å². The smallest absolute Gasteiger partial charge is 0.251 e. The van der Waals surface area contributed by atoms with E-state index in [-0.39, 0.29) is 11.4 Å². The molecule has 1 saturated heterocycles. The Morgan fingerprint density at radius 2 is 1.67 bits per heavy atom. The van der Waals surface area contributed by atoms with Crippen LogP contribution in [0, 0.1) is 13.8 Å². The van der Waals surface area contributed by atoms with Crippen molar-refractivity contribution in [3.63, 3.8) is 0 Å². The molecule has 1 N–H and O–H groups in total. The van der Waals surface area contributed by atoms with Crippen molar-refractivity contribution in [1.29, 1.82) is 0 Å². The molecular formula is C18H28N2O. The third-order valence-electron chi connectivity index (χ3n) is 4.38. The molecule has 3 heteroatoms.